The van der Waals surface area contributed by atoms with Crippen LogP contribution >= 0.6 is 11.3 Å². The van der Waals surface area contributed by atoms with E-state index in [4.69, 9.17) is 4.42 Å². The molecule has 0 aliphatic carbocycles. The van der Waals surface area contributed by atoms with E-state index in [0.29, 0.717) is 26.7 Å². The van der Waals surface area contributed by atoms with E-state index in [1.54, 1.807) is 24.3 Å². The van der Waals surface area contributed by atoms with Gasteiger partial charge in [0.2, 0.25) is 5.78 Å². The van der Waals surface area contributed by atoms with Crippen molar-refractivity contribution in [2.45, 2.75) is 13.3 Å². The fourth-order valence-corrected chi connectivity index (χ4v) is 3.31. The minimum Gasteiger partial charge on any atom is -0.461 e. The minimum absolute atomic E-state index is 0.0222. The van der Waals surface area contributed by atoms with Crippen molar-refractivity contribution in [2.24, 2.45) is 0 Å². The summed E-state index contributed by atoms with van der Waals surface area (Å²) in [5, 5.41) is 11.2. The number of aryl methyl sites for hydroxylation is 1. The smallest absolute Gasteiger partial charge is 0.273 e. The highest BCUT2D eigenvalue weighted by Gasteiger charge is 2.12. The largest absolute Gasteiger partial charge is 0.461 e. The van der Waals surface area contributed by atoms with Crippen molar-refractivity contribution in [3.05, 3.63) is 83.1 Å². The lowest BCUT2D eigenvalue weighted by atomic mass is 10.1. The number of nitrogens with zero attached hydrogens (tertiary/aromatic N) is 1. The Labute approximate surface area is 151 Å². The Morgan fingerprint density at radius 3 is 2.85 bits per heavy atom. The molecule has 26 heavy (non-hydrogen) atoms. The van der Waals surface area contributed by atoms with E-state index in [9.17, 15) is 19.7 Å². The molecule has 2 heterocycles. The van der Waals surface area contributed by atoms with Crippen molar-refractivity contribution in [3.63, 3.8) is 0 Å². The zero-order chi connectivity index (χ0) is 18.7. The highest BCUT2D eigenvalue weighted by atomic mass is 32.1. The van der Waals surface area contributed by atoms with Crippen LogP contribution in [0.25, 0.3) is 12.2 Å². The monoisotopic (exact) mass is 370 g/mol. The Bertz CT molecular complexity index is 1140. The molecule has 0 saturated carbocycles. The van der Waals surface area contributed by atoms with Gasteiger partial charge in [0, 0.05) is 17.7 Å². The molecule has 1 N–H and O–H groups in total. The second-order valence-corrected chi connectivity index (χ2v) is 6.50. The van der Waals surface area contributed by atoms with Crippen molar-refractivity contribution >= 4 is 35.0 Å². The first-order valence-electron chi connectivity index (χ1n) is 7.75. The van der Waals surface area contributed by atoms with Crippen molar-refractivity contribution in [3.8, 4) is 0 Å². The van der Waals surface area contributed by atoms with E-state index in [1.165, 1.54) is 24.5 Å². The molecule has 8 heteroatoms. The molecule has 132 valence electrons. The molecule has 0 unspecified atom stereocenters. The number of carbonyl (C=O) groups is 1. The summed E-state index contributed by atoms with van der Waals surface area (Å²) < 4.78 is 5.74. The second kappa shape index (κ2) is 7.32. The lowest BCUT2D eigenvalue weighted by Gasteiger charge is -2.00. The molecule has 0 atom stereocenters. The maximum absolute atomic E-state index is 12.1. The Kier molecular flexibility index (Phi) is 4.94. The van der Waals surface area contributed by atoms with Gasteiger partial charge in [0.15, 0.2) is 5.76 Å². The summed E-state index contributed by atoms with van der Waals surface area (Å²) in [6, 6.07) is 7.98. The quantitative estimate of drug-likeness (QED) is 0.420. The van der Waals surface area contributed by atoms with Crippen LogP contribution in [-0.4, -0.2) is 15.7 Å². The maximum Gasteiger partial charge on any atom is 0.273 e. The molecule has 0 radical (unpaired) electrons. The standard InChI is InChI=1S/C18H14N2O5S/c1-2-12-6-5-11(8-13(12)20(23)24)9-16-18(22)19-17(26-16)10-14(21)15-4-3-7-25-15/h3-10H,2H2,1H3,(H,19,22)/b16-9+,17-10-. The summed E-state index contributed by atoms with van der Waals surface area (Å²) in [6.45, 7) is 1.84. The lowest BCUT2D eigenvalue weighted by molar-refractivity contribution is -0.385. The highest BCUT2D eigenvalue weighted by Crippen LogP contribution is 2.21. The van der Waals surface area contributed by atoms with Crippen molar-refractivity contribution in [2.75, 3.05) is 0 Å². The molecular formula is C18H14N2O5S. The molecule has 0 saturated heterocycles. The average molecular weight is 370 g/mol. The number of thiazole rings is 1. The number of nitro groups is 1. The fourth-order valence-electron chi connectivity index (χ4n) is 2.42. The molecule has 1 aromatic carbocycles. The highest BCUT2D eigenvalue weighted by molar-refractivity contribution is 7.07. The molecule has 0 spiro atoms. The number of nitrogens with one attached hydrogen (secondary N) is 1. The lowest BCUT2D eigenvalue weighted by Crippen LogP contribution is -2.20. The van der Waals surface area contributed by atoms with Crippen LogP contribution in [0.4, 0.5) is 5.69 Å². The van der Waals surface area contributed by atoms with Gasteiger partial charge in [0.1, 0.15) is 0 Å². The first-order valence-corrected chi connectivity index (χ1v) is 8.57. The SMILES string of the molecule is CCc1ccc(/C=c2/s/c(=C\C(=O)c3ccco3)[nH]c2=O)cc1[N+](=O)[O-]. The molecule has 0 fully saturated rings. The van der Waals surface area contributed by atoms with Gasteiger partial charge >= 0.3 is 0 Å². The summed E-state index contributed by atoms with van der Waals surface area (Å²) in [4.78, 5) is 37.4. The van der Waals surface area contributed by atoms with E-state index in [-0.39, 0.29) is 22.8 Å². The Morgan fingerprint density at radius 1 is 1.38 bits per heavy atom. The Balaban J connectivity index is 2.02. The van der Waals surface area contributed by atoms with Crippen LogP contribution in [0.2, 0.25) is 0 Å². The zero-order valence-electron chi connectivity index (χ0n) is 13.7. The van der Waals surface area contributed by atoms with E-state index in [2.05, 4.69) is 4.98 Å². The number of benzene rings is 1. The van der Waals surface area contributed by atoms with Crippen LogP contribution in [0.3, 0.4) is 0 Å². The Hall–Kier alpha value is -3.26. The summed E-state index contributed by atoms with van der Waals surface area (Å²) in [6.07, 6.45) is 4.78. The van der Waals surface area contributed by atoms with Gasteiger partial charge in [-0.1, -0.05) is 19.1 Å². The topological polar surface area (TPSA) is 106 Å². The van der Waals surface area contributed by atoms with Gasteiger partial charge in [-0.3, -0.25) is 19.7 Å². The van der Waals surface area contributed by atoms with Gasteiger partial charge < -0.3 is 9.40 Å². The molecule has 3 aromatic rings. The second-order valence-electron chi connectivity index (χ2n) is 5.41. The zero-order valence-corrected chi connectivity index (χ0v) is 14.5. The van der Waals surface area contributed by atoms with Crippen molar-refractivity contribution in [1.29, 1.82) is 0 Å². The van der Waals surface area contributed by atoms with E-state index < -0.39 is 4.92 Å². The number of H-pyrrole nitrogens is 1. The molecule has 7 nitrogen and oxygen atoms in total. The van der Waals surface area contributed by atoms with Crippen LogP contribution in [0.15, 0.2) is 45.8 Å². The molecule has 0 amide bonds. The van der Waals surface area contributed by atoms with Crippen LogP contribution in [0, 0.1) is 10.1 Å². The first kappa shape index (κ1) is 17.6. The Morgan fingerprint density at radius 2 is 2.19 bits per heavy atom. The normalized spacial score (nSPS) is 12.5. The average Bonchev–Trinajstić information content (AvgIpc) is 3.25. The van der Waals surface area contributed by atoms with Gasteiger partial charge in [0.25, 0.3) is 11.2 Å². The van der Waals surface area contributed by atoms with Crippen molar-refractivity contribution in [1.82, 2.24) is 4.98 Å². The predicted octanol–water partition coefficient (Wildman–Crippen LogP) is 1.99. The number of ketones is 1. The van der Waals surface area contributed by atoms with Crippen molar-refractivity contribution < 1.29 is 14.1 Å². The third-order valence-electron chi connectivity index (χ3n) is 3.69. The van der Waals surface area contributed by atoms with Crippen LogP contribution in [0.5, 0.6) is 0 Å². The summed E-state index contributed by atoms with van der Waals surface area (Å²) in [7, 11) is 0. The van der Waals surface area contributed by atoms with Gasteiger partial charge in [-0.2, -0.15) is 0 Å². The third kappa shape index (κ3) is 3.70. The molecule has 0 aliphatic heterocycles. The summed E-state index contributed by atoms with van der Waals surface area (Å²) in [5.74, 6) is -0.183. The number of carbonyl (C=O) groups excluding carboxylic acids is 1. The van der Waals surface area contributed by atoms with Gasteiger partial charge in [-0.05, 0) is 30.2 Å². The van der Waals surface area contributed by atoms with Crippen LogP contribution in [0.1, 0.15) is 28.6 Å². The number of Topliss-reactive ketones (excluding diaryl/α,β-unsaturated/α-hetero) is 1. The molecule has 2 aromatic heterocycles. The van der Waals surface area contributed by atoms with Gasteiger partial charge in [-0.25, -0.2) is 0 Å². The summed E-state index contributed by atoms with van der Waals surface area (Å²) >= 11 is 1.09. The molecular weight excluding hydrogens is 356 g/mol. The first-order chi connectivity index (χ1) is 12.5. The maximum atomic E-state index is 12.1. The number of hydrogen-bond acceptors (Lipinski definition) is 6. The van der Waals surface area contributed by atoms with Crippen LogP contribution < -0.4 is 14.8 Å². The van der Waals surface area contributed by atoms with Crippen LogP contribution in [-0.2, 0) is 6.42 Å². The number of nitro benzene ring substituents is 1. The number of furan rings is 1. The minimum atomic E-state index is -0.434. The number of aromatic nitrogens is 1. The fraction of sp³-hybridized carbons (Fsp3) is 0.111. The van der Waals surface area contributed by atoms with Gasteiger partial charge in [0.05, 0.1) is 20.4 Å². The van der Waals surface area contributed by atoms with E-state index in [1.807, 2.05) is 6.92 Å². The molecule has 3 rings (SSSR count). The van der Waals surface area contributed by atoms with E-state index >= 15 is 0 Å². The van der Waals surface area contributed by atoms with Gasteiger partial charge in [-0.15, -0.1) is 11.3 Å². The number of aromatic amines is 1. The number of hydrogen-bond donors (Lipinski definition) is 1. The molecule has 0 bridgehead atoms. The summed E-state index contributed by atoms with van der Waals surface area (Å²) in [5.41, 5.74) is 0.834. The van der Waals surface area contributed by atoms with E-state index in [0.717, 1.165) is 11.3 Å². The third-order valence-corrected chi connectivity index (χ3v) is 4.65. The predicted molar refractivity (Wildman–Crippen MR) is 97.7 cm³/mol. The molecule has 0 aliphatic rings. The number of rotatable bonds is 5.